The molecule has 0 fully saturated rings. The van der Waals surface area contributed by atoms with Crippen LogP contribution in [0.25, 0.3) is 0 Å². The molecule has 3 nitrogen and oxygen atoms in total. The molecule has 0 aromatic rings. The number of halogens is 17. The highest BCUT2D eigenvalue weighted by Crippen LogP contribution is 2.73. The van der Waals surface area contributed by atoms with Gasteiger partial charge in [0.25, 0.3) is 5.00 Å². The molecular weight excluding hydrogens is 499 g/mol. The van der Waals surface area contributed by atoms with Crippen LogP contribution in [0.2, 0.25) is 0 Å². The average molecular weight is 499 g/mol. The van der Waals surface area contributed by atoms with E-state index in [1.807, 2.05) is 0 Å². The summed E-state index contributed by atoms with van der Waals surface area (Å²) >= 11 is 0. The third-order valence-corrected chi connectivity index (χ3v) is 4.60. The Labute approximate surface area is 146 Å². The molecule has 0 amide bonds. The van der Waals surface area contributed by atoms with Crippen LogP contribution < -0.4 is 0 Å². The van der Waals surface area contributed by atoms with E-state index in [-0.39, 0.29) is 0 Å². The molecule has 176 valence electrons. The Morgan fingerprint density at radius 2 is 0.655 bits per heavy atom. The number of hydrogen-bond acceptors (Lipinski definition) is 3. The van der Waals surface area contributed by atoms with Crippen LogP contribution in [0, 0.1) is 5.41 Å². The van der Waals surface area contributed by atoms with Crippen LogP contribution >= 0.6 is 0 Å². The van der Waals surface area contributed by atoms with E-state index < -0.39 is 57.1 Å². The molecule has 0 aliphatic heterocycles. The molecule has 29 heavy (non-hydrogen) atoms. The standard InChI is InChI=1S/C8HF17O3S/c9-2(7(20,21)22,8(23,24)25)3(10,29(26,27)28)1(4(11,12)13,5(14,15)16)6(17,18)19/h(H,26,27,28)/p-1. The summed E-state index contributed by atoms with van der Waals surface area (Å²) in [5.74, 6) is 0. The minimum Gasteiger partial charge on any atom is -0.745 e. The first-order valence-corrected chi connectivity index (χ1v) is 7.08. The van der Waals surface area contributed by atoms with Crippen molar-refractivity contribution in [1.29, 1.82) is 0 Å². The molecule has 1 unspecified atom stereocenters. The van der Waals surface area contributed by atoms with Gasteiger partial charge in [0, 0.05) is 0 Å². The maximum Gasteiger partial charge on any atom is 0.435 e. The van der Waals surface area contributed by atoms with E-state index >= 15 is 0 Å². The van der Waals surface area contributed by atoms with Crippen molar-refractivity contribution in [2.75, 3.05) is 0 Å². The van der Waals surface area contributed by atoms with Gasteiger partial charge in [-0.3, -0.25) is 0 Å². The molecule has 0 heterocycles. The van der Waals surface area contributed by atoms with Gasteiger partial charge in [-0.2, -0.15) is 65.9 Å². The zero-order chi connectivity index (χ0) is 24.5. The highest BCUT2D eigenvalue weighted by Gasteiger charge is 3.03. The normalized spacial score (nSPS) is 18.6. The molecule has 0 spiro atoms. The molecule has 0 saturated carbocycles. The molecule has 0 aromatic carbocycles. The van der Waals surface area contributed by atoms with Gasteiger partial charge in [0.2, 0.25) is 0 Å². The van der Waals surface area contributed by atoms with Gasteiger partial charge >= 0.3 is 42.0 Å². The lowest BCUT2D eigenvalue weighted by atomic mass is 9.72. The third kappa shape index (κ3) is 3.26. The van der Waals surface area contributed by atoms with Gasteiger partial charge in [-0.05, 0) is 0 Å². The first-order valence-electron chi connectivity index (χ1n) is 5.67. The molecule has 0 aromatic heterocycles. The summed E-state index contributed by atoms with van der Waals surface area (Å²) in [5.41, 5.74) is -18.5. The summed E-state index contributed by atoms with van der Waals surface area (Å²) in [6, 6.07) is 0. The summed E-state index contributed by atoms with van der Waals surface area (Å²) in [6.45, 7) is 0. The Kier molecular flexibility index (Phi) is 6.08. The van der Waals surface area contributed by atoms with Crippen LogP contribution in [-0.2, 0) is 10.1 Å². The summed E-state index contributed by atoms with van der Waals surface area (Å²) in [6.07, 6.45) is -43.7. The maximum atomic E-state index is 14.3. The maximum absolute atomic E-state index is 14.3. The van der Waals surface area contributed by atoms with E-state index in [0.29, 0.717) is 0 Å². The number of hydrogen-bond donors (Lipinski definition) is 0. The summed E-state index contributed by atoms with van der Waals surface area (Å²) in [5, 5.41) is -9.35. The molecule has 0 aliphatic carbocycles. The third-order valence-electron chi connectivity index (χ3n) is 3.33. The van der Waals surface area contributed by atoms with Crippen LogP contribution in [0.5, 0.6) is 0 Å². The second-order valence-electron chi connectivity index (χ2n) is 4.95. The van der Waals surface area contributed by atoms with E-state index in [2.05, 4.69) is 0 Å². The molecule has 0 radical (unpaired) electrons. The van der Waals surface area contributed by atoms with Crippen LogP contribution in [0.1, 0.15) is 0 Å². The van der Waals surface area contributed by atoms with E-state index in [4.69, 9.17) is 0 Å². The van der Waals surface area contributed by atoms with Crippen molar-refractivity contribution >= 4 is 10.1 Å². The number of rotatable bonds is 3. The molecule has 1 atom stereocenters. The summed E-state index contributed by atoms with van der Waals surface area (Å²) < 4.78 is 249. The smallest absolute Gasteiger partial charge is 0.435 e. The molecule has 0 aliphatic rings. The van der Waals surface area contributed by atoms with Crippen molar-refractivity contribution in [2.24, 2.45) is 5.41 Å². The Morgan fingerprint density at radius 1 is 0.448 bits per heavy atom. The Morgan fingerprint density at radius 3 is 0.759 bits per heavy atom. The van der Waals surface area contributed by atoms with Crippen molar-refractivity contribution in [2.45, 2.75) is 41.6 Å². The molecular formula is C8F17O3S-. The molecule has 0 N–H and O–H groups in total. The van der Waals surface area contributed by atoms with Crippen LogP contribution in [0.4, 0.5) is 74.6 Å². The van der Waals surface area contributed by atoms with Gasteiger partial charge < -0.3 is 4.55 Å². The van der Waals surface area contributed by atoms with E-state index in [0.717, 1.165) is 0 Å². The fourth-order valence-electron chi connectivity index (χ4n) is 2.17. The van der Waals surface area contributed by atoms with Gasteiger partial charge in [-0.25, -0.2) is 17.2 Å². The second-order valence-corrected chi connectivity index (χ2v) is 6.42. The molecule has 0 rings (SSSR count). The van der Waals surface area contributed by atoms with Crippen molar-refractivity contribution in [1.82, 2.24) is 0 Å². The predicted molar refractivity (Wildman–Crippen MR) is 50.1 cm³/mol. The molecule has 21 heteroatoms. The summed E-state index contributed by atoms with van der Waals surface area (Å²) in [4.78, 5) is 0. The average Bonchev–Trinajstić information content (AvgIpc) is 2.27. The van der Waals surface area contributed by atoms with Crippen LogP contribution in [0.3, 0.4) is 0 Å². The first-order chi connectivity index (χ1) is 12.0. The van der Waals surface area contributed by atoms with E-state index in [1.165, 1.54) is 0 Å². The zero-order valence-electron chi connectivity index (χ0n) is 12.1. The fraction of sp³-hybridized carbons (Fsp3) is 1.00. The van der Waals surface area contributed by atoms with Crippen LogP contribution in [0.15, 0.2) is 0 Å². The van der Waals surface area contributed by atoms with Gasteiger partial charge in [0.1, 0.15) is 10.1 Å². The van der Waals surface area contributed by atoms with Crippen molar-refractivity contribution in [3.63, 3.8) is 0 Å². The van der Waals surface area contributed by atoms with Crippen molar-refractivity contribution < 1.29 is 87.6 Å². The Hall–Kier alpha value is -1.28. The van der Waals surface area contributed by atoms with Crippen LogP contribution in [-0.4, -0.2) is 54.5 Å². The lowest BCUT2D eigenvalue weighted by Crippen LogP contribution is -2.83. The Balaban J connectivity index is 8.47. The minimum atomic E-state index is -9.39. The second kappa shape index (κ2) is 6.36. The van der Waals surface area contributed by atoms with Crippen molar-refractivity contribution in [3.8, 4) is 0 Å². The minimum absolute atomic E-state index is 8.61. The molecule has 0 bridgehead atoms. The van der Waals surface area contributed by atoms with Gasteiger partial charge in [0.05, 0.1) is 0 Å². The highest BCUT2D eigenvalue weighted by atomic mass is 32.2. The number of alkyl halides is 17. The largest absolute Gasteiger partial charge is 0.745 e. The zero-order valence-corrected chi connectivity index (χ0v) is 12.9. The lowest BCUT2D eigenvalue weighted by molar-refractivity contribution is -0.481. The summed E-state index contributed by atoms with van der Waals surface area (Å²) in [7, 11) is -9.39. The van der Waals surface area contributed by atoms with E-state index in [9.17, 15) is 87.6 Å². The monoisotopic (exact) mass is 499 g/mol. The molecule has 0 saturated heterocycles. The quantitative estimate of drug-likeness (QED) is 0.418. The lowest BCUT2D eigenvalue weighted by Gasteiger charge is -2.52. The van der Waals surface area contributed by atoms with Gasteiger partial charge in [-0.15, -0.1) is 0 Å². The fourth-order valence-corrected chi connectivity index (χ4v) is 3.47. The van der Waals surface area contributed by atoms with E-state index in [1.54, 1.807) is 0 Å². The highest BCUT2D eigenvalue weighted by molar-refractivity contribution is 7.87. The first kappa shape index (κ1) is 27.7. The SMILES string of the molecule is O=S(=O)([O-])C(F)(C(F)(C(F)(F)F)C(F)(F)F)C(C(F)(F)F)(C(F)(F)F)C(F)(F)F. The van der Waals surface area contributed by atoms with Gasteiger partial charge in [-0.1, -0.05) is 0 Å². The Bertz CT molecular complexity index is 668. The predicted octanol–water partition coefficient (Wildman–Crippen LogP) is 4.70. The van der Waals surface area contributed by atoms with Crippen molar-refractivity contribution in [3.05, 3.63) is 0 Å². The van der Waals surface area contributed by atoms with Gasteiger partial charge in [0.15, 0.2) is 0 Å². The topological polar surface area (TPSA) is 57.2 Å².